The highest BCUT2D eigenvalue weighted by Crippen LogP contribution is 2.39. The van der Waals surface area contributed by atoms with Crippen molar-refractivity contribution in [1.82, 2.24) is 9.69 Å². The highest BCUT2D eigenvalue weighted by molar-refractivity contribution is 7.09. The van der Waals surface area contributed by atoms with Gasteiger partial charge in [0.05, 0.1) is 11.8 Å². The highest BCUT2D eigenvalue weighted by Gasteiger charge is 2.37. The average Bonchev–Trinajstić information content (AvgIpc) is 3.60. The van der Waals surface area contributed by atoms with Gasteiger partial charge in [0, 0.05) is 24.9 Å². The SMILES string of the molecule is NC(=O)c1nsc(C(=O)N(c2ccc3c(c2)OCCO3)[C@H](C(=O)NC[C@@H]2CCCO2)c2ccc(F)cc2)c1N. The summed E-state index contributed by atoms with van der Waals surface area (Å²) in [4.78, 5) is 40.8. The van der Waals surface area contributed by atoms with Crippen molar-refractivity contribution in [3.05, 3.63) is 64.4 Å². The Kier molecular flexibility index (Phi) is 7.61. The van der Waals surface area contributed by atoms with E-state index in [1.54, 1.807) is 18.2 Å². The molecule has 0 bridgehead atoms. The number of nitrogen functional groups attached to an aromatic ring is 1. The summed E-state index contributed by atoms with van der Waals surface area (Å²) in [5.41, 5.74) is 11.6. The predicted molar refractivity (Wildman–Crippen MR) is 140 cm³/mol. The summed E-state index contributed by atoms with van der Waals surface area (Å²) in [6.07, 6.45) is 1.52. The van der Waals surface area contributed by atoms with Crippen molar-refractivity contribution >= 4 is 40.6 Å². The molecule has 2 aliphatic heterocycles. The highest BCUT2D eigenvalue weighted by atomic mass is 32.1. The van der Waals surface area contributed by atoms with Gasteiger partial charge in [0.15, 0.2) is 17.2 Å². The quantitative estimate of drug-likeness (QED) is 0.382. The van der Waals surface area contributed by atoms with Crippen molar-refractivity contribution in [2.24, 2.45) is 5.73 Å². The van der Waals surface area contributed by atoms with E-state index in [2.05, 4.69) is 9.69 Å². The molecule has 3 aromatic rings. The van der Waals surface area contributed by atoms with Gasteiger partial charge in [-0.2, -0.15) is 4.37 Å². The topological polar surface area (TPSA) is 159 Å². The molecule has 1 saturated heterocycles. The smallest absolute Gasteiger partial charge is 0.273 e. The lowest BCUT2D eigenvalue weighted by molar-refractivity contribution is -0.123. The number of primary amides is 1. The van der Waals surface area contributed by atoms with Gasteiger partial charge in [-0.05, 0) is 54.2 Å². The van der Waals surface area contributed by atoms with Crippen LogP contribution in [0.25, 0.3) is 0 Å². The summed E-state index contributed by atoms with van der Waals surface area (Å²) in [6, 6.07) is 8.79. The minimum atomic E-state index is -1.26. The fourth-order valence-corrected chi connectivity index (χ4v) is 5.23. The second-order valence-corrected chi connectivity index (χ2v) is 9.75. The normalized spacial score (nSPS) is 16.9. The van der Waals surface area contributed by atoms with Crippen LogP contribution >= 0.6 is 11.5 Å². The first-order chi connectivity index (χ1) is 18.8. The molecule has 3 heterocycles. The van der Waals surface area contributed by atoms with Crippen molar-refractivity contribution in [3.63, 3.8) is 0 Å². The largest absolute Gasteiger partial charge is 0.486 e. The van der Waals surface area contributed by atoms with Crippen LogP contribution in [0.5, 0.6) is 11.5 Å². The standard InChI is InChI=1S/C26H26FN5O6S/c27-15-5-3-14(4-6-15)22(25(34)30-13-17-2-1-9-36-17)32(16-7-8-18-19(12-16)38-11-10-37-18)26(35)23-20(28)21(24(29)33)31-39-23/h3-8,12,17,22H,1-2,9-11,13,28H2,(H2,29,33)(H,30,34)/t17-,22-/m0/s1. The molecule has 39 heavy (non-hydrogen) atoms. The van der Waals surface area contributed by atoms with Crippen LogP contribution in [0.15, 0.2) is 42.5 Å². The molecule has 13 heteroatoms. The van der Waals surface area contributed by atoms with E-state index in [4.69, 9.17) is 25.7 Å². The number of nitrogens with two attached hydrogens (primary N) is 2. The lowest BCUT2D eigenvalue weighted by Crippen LogP contribution is -2.45. The lowest BCUT2D eigenvalue weighted by Gasteiger charge is -2.32. The third-order valence-corrected chi connectivity index (χ3v) is 7.25. The Morgan fingerprint density at radius 2 is 1.85 bits per heavy atom. The van der Waals surface area contributed by atoms with E-state index in [-0.39, 0.29) is 34.6 Å². The number of hydrogen-bond donors (Lipinski definition) is 3. The molecular weight excluding hydrogens is 529 g/mol. The van der Waals surface area contributed by atoms with Crippen LogP contribution in [-0.2, 0) is 9.53 Å². The maximum absolute atomic E-state index is 14.1. The first kappa shape index (κ1) is 26.4. The third kappa shape index (κ3) is 5.49. The Balaban J connectivity index is 1.61. The van der Waals surface area contributed by atoms with Gasteiger partial charge in [-0.25, -0.2) is 4.39 Å². The van der Waals surface area contributed by atoms with Crippen molar-refractivity contribution in [2.45, 2.75) is 25.0 Å². The zero-order valence-corrected chi connectivity index (χ0v) is 21.5. The fraction of sp³-hybridized carbons (Fsp3) is 0.308. The summed E-state index contributed by atoms with van der Waals surface area (Å²) in [7, 11) is 0. The molecule has 1 fully saturated rings. The van der Waals surface area contributed by atoms with E-state index in [1.807, 2.05) is 0 Å². The summed E-state index contributed by atoms with van der Waals surface area (Å²) < 4.78 is 34.8. The van der Waals surface area contributed by atoms with Crippen LogP contribution in [0.4, 0.5) is 15.8 Å². The Bertz CT molecular complexity index is 1390. The number of halogens is 1. The summed E-state index contributed by atoms with van der Waals surface area (Å²) in [5.74, 6) is -1.78. The van der Waals surface area contributed by atoms with Crippen LogP contribution in [-0.4, -0.2) is 54.6 Å². The minimum Gasteiger partial charge on any atom is -0.486 e. The summed E-state index contributed by atoms with van der Waals surface area (Å²) in [5, 5.41) is 2.87. The van der Waals surface area contributed by atoms with Crippen LogP contribution in [0, 0.1) is 5.82 Å². The van der Waals surface area contributed by atoms with E-state index in [9.17, 15) is 18.8 Å². The molecule has 0 aliphatic carbocycles. The number of nitrogens with one attached hydrogen (secondary N) is 1. The molecule has 2 aromatic carbocycles. The van der Waals surface area contributed by atoms with Gasteiger partial charge in [0.2, 0.25) is 5.91 Å². The number of carbonyl (C=O) groups is 3. The molecule has 5 rings (SSSR count). The van der Waals surface area contributed by atoms with E-state index < -0.39 is 29.6 Å². The zero-order chi connectivity index (χ0) is 27.5. The summed E-state index contributed by atoms with van der Waals surface area (Å²) in [6.45, 7) is 1.51. The molecule has 0 saturated carbocycles. The number of ether oxygens (including phenoxy) is 3. The average molecular weight is 556 g/mol. The fourth-order valence-electron chi connectivity index (χ4n) is 4.48. The van der Waals surface area contributed by atoms with Gasteiger partial charge in [0.1, 0.15) is 29.9 Å². The molecule has 11 nitrogen and oxygen atoms in total. The second-order valence-electron chi connectivity index (χ2n) is 8.98. The molecule has 3 amide bonds. The van der Waals surface area contributed by atoms with Crippen LogP contribution < -0.4 is 31.2 Å². The number of rotatable bonds is 8. The number of benzene rings is 2. The Hall–Kier alpha value is -4.23. The van der Waals surface area contributed by atoms with Gasteiger partial charge >= 0.3 is 0 Å². The molecule has 5 N–H and O–H groups in total. The monoisotopic (exact) mass is 555 g/mol. The maximum atomic E-state index is 14.1. The molecule has 0 radical (unpaired) electrons. The molecule has 0 unspecified atom stereocenters. The van der Waals surface area contributed by atoms with Crippen molar-refractivity contribution in [2.75, 3.05) is 37.0 Å². The minimum absolute atomic E-state index is 0.0854. The second kappa shape index (κ2) is 11.3. The Labute approximate surface area is 227 Å². The van der Waals surface area contributed by atoms with E-state index >= 15 is 0 Å². The molecule has 2 aliphatic rings. The molecule has 1 aromatic heterocycles. The number of aromatic nitrogens is 1. The zero-order valence-electron chi connectivity index (χ0n) is 20.7. The molecule has 0 spiro atoms. The van der Waals surface area contributed by atoms with Crippen LogP contribution in [0.1, 0.15) is 44.6 Å². The van der Waals surface area contributed by atoms with E-state index in [0.717, 1.165) is 12.8 Å². The van der Waals surface area contributed by atoms with Crippen molar-refractivity contribution in [1.29, 1.82) is 0 Å². The van der Waals surface area contributed by atoms with E-state index in [0.29, 0.717) is 48.4 Å². The third-order valence-electron chi connectivity index (χ3n) is 6.40. The molecule has 2 atom stereocenters. The van der Waals surface area contributed by atoms with Crippen LogP contribution in [0.2, 0.25) is 0 Å². The Morgan fingerprint density at radius 1 is 1.10 bits per heavy atom. The first-order valence-corrected chi connectivity index (χ1v) is 13.0. The van der Waals surface area contributed by atoms with Gasteiger partial charge in [-0.3, -0.25) is 19.3 Å². The number of nitrogens with zero attached hydrogens (tertiary/aromatic N) is 2. The maximum Gasteiger partial charge on any atom is 0.273 e. The lowest BCUT2D eigenvalue weighted by atomic mass is 10.0. The van der Waals surface area contributed by atoms with Crippen LogP contribution in [0.3, 0.4) is 0 Å². The van der Waals surface area contributed by atoms with Gasteiger partial charge in [-0.15, -0.1) is 0 Å². The number of carbonyl (C=O) groups excluding carboxylic acids is 3. The first-order valence-electron chi connectivity index (χ1n) is 12.3. The van der Waals surface area contributed by atoms with E-state index in [1.165, 1.54) is 29.2 Å². The predicted octanol–water partition coefficient (Wildman–Crippen LogP) is 2.42. The van der Waals surface area contributed by atoms with Gasteiger partial charge in [-0.1, -0.05) is 12.1 Å². The van der Waals surface area contributed by atoms with Gasteiger partial charge in [0.25, 0.3) is 11.8 Å². The number of anilines is 2. The number of hydrogen-bond acceptors (Lipinski definition) is 9. The number of amides is 3. The molecular formula is C26H26FN5O6S. The Morgan fingerprint density at radius 3 is 2.51 bits per heavy atom. The van der Waals surface area contributed by atoms with Crippen molar-refractivity contribution < 1.29 is 33.0 Å². The van der Waals surface area contributed by atoms with Gasteiger partial charge < -0.3 is 31.0 Å². The summed E-state index contributed by atoms with van der Waals surface area (Å²) >= 11 is 0.690. The van der Waals surface area contributed by atoms with Crippen molar-refractivity contribution in [3.8, 4) is 11.5 Å². The number of fused-ring (bicyclic) bond motifs is 1. The molecule has 204 valence electrons.